The number of benzene rings is 2. The van der Waals surface area contributed by atoms with Gasteiger partial charge in [0, 0.05) is 15.7 Å². The summed E-state index contributed by atoms with van der Waals surface area (Å²) in [5.74, 6) is 0.446. The Kier molecular flexibility index (Phi) is 4.61. The number of hydrogen-bond donors (Lipinski definition) is 1. The molecule has 1 aromatic heterocycles. The van der Waals surface area contributed by atoms with Crippen molar-refractivity contribution in [3.63, 3.8) is 0 Å². The fourth-order valence-corrected chi connectivity index (χ4v) is 2.32. The van der Waals surface area contributed by atoms with Gasteiger partial charge in [-0.1, -0.05) is 15.9 Å². The van der Waals surface area contributed by atoms with Crippen molar-refractivity contribution in [2.75, 3.05) is 12.4 Å². The number of methoxy groups -OCH3 is 1. The molecule has 7 heteroatoms. The van der Waals surface area contributed by atoms with Gasteiger partial charge in [-0.3, -0.25) is 4.79 Å². The minimum atomic E-state index is -0.455. The highest BCUT2D eigenvalue weighted by Crippen LogP contribution is 2.23. The molecule has 0 unspecified atom stereocenters. The SMILES string of the molecule is COc1ccc(-c2nnc(C(=O)Nc3ccc(Br)c(C)c3)o2)cc1. The fraction of sp³-hybridized carbons (Fsp3) is 0.118. The van der Waals surface area contributed by atoms with E-state index in [1.165, 1.54) is 0 Å². The zero-order valence-electron chi connectivity index (χ0n) is 13.0. The van der Waals surface area contributed by atoms with Crippen molar-refractivity contribution in [2.24, 2.45) is 0 Å². The minimum absolute atomic E-state index is 0.0959. The second-order valence-electron chi connectivity index (χ2n) is 5.06. The maximum Gasteiger partial charge on any atom is 0.313 e. The van der Waals surface area contributed by atoms with Crippen LogP contribution >= 0.6 is 15.9 Å². The quantitative estimate of drug-likeness (QED) is 0.729. The van der Waals surface area contributed by atoms with Gasteiger partial charge in [0.05, 0.1) is 7.11 Å². The molecular weight excluding hydrogens is 374 g/mol. The van der Waals surface area contributed by atoms with E-state index in [4.69, 9.17) is 9.15 Å². The van der Waals surface area contributed by atoms with Crippen molar-refractivity contribution in [3.8, 4) is 17.2 Å². The van der Waals surface area contributed by atoms with Gasteiger partial charge in [-0.05, 0) is 55.0 Å². The summed E-state index contributed by atoms with van der Waals surface area (Å²) in [5, 5.41) is 10.4. The number of halogens is 1. The zero-order chi connectivity index (χ0) is 17.1. The van der Waals surface area contributed by atoms with Gasteiger partial charge in [0.1, 0.15) is 5.75 Å². The minimum Gasteiger partial charge on any atom is -0.497 e. The van der Waals surface area contributed by atoms with E-state index in [2.05, 4.69) is 31.4 Å². The first-order valence-electron chi connectivity index (χ1n) is 7.12. The molecule has 6 nitrogen and oxygen atoms in total. The number of amides is 1. The summed E-state index contributed by atoms with van der Waals surface area (Å²) in [6.07, 6.45) is 0. The lowest BCUT2D eigenvalue weighted by atomic mass is 10.2. The van der Waals surface area contributed by atoms with Crippen LogP contribution in [0.25, 0.3) is 11.5 Å². The van der Waals surface area contributed by atoms with Crippen LogP contribution < -0.4 is 10.1 Å². The first-order valence-corrected chi connectivity index (χ1v) is 7.91. The third kappa shape index (κ3) is 3.46. The van der Waals surface area contributed by atoms with E-state index in [0.29, 0.717) is 11.3 Å². The number of rotatable bonds is 4. The molecule has 0 bridgehead atoms. The Morgan fingerprint density at radius 2 is 1.92 bits per heavy atom. The smallest absolute Gasteiger partial charge is 0.313 e. The Balaban J connectivity index is 1.76. The molecule has 0 saturated carbocycles. The van der Waals surface area contributed by atoms with Gasteiger partial charge in [-0.25, -0.2) is 0 Å². The number of nitrogens with one attached hydrogen (secondary N) is 1. The van der Waals surface area contributed by atoms with Crippen molar-refractivity contribution in [2.45, 2.75) is 6.92 Å². The first kappa shape index (κ1) is 16.2. The summed E-state index contributed by atoms with van der Waals surface area (Å²) in [5.41, 5.74) is 2.38. The standard InChI is InChI=1S/C17H14BrN3O3/c1-10-9-12(5-8-14(10)18)19-15(22)17-21-20-16(24-17)11-3-6-13(23-2)7-4-11/h3-9H,1-2H3,(H,19,22). The number of hydrogen-bond acceptors (Lipinski definition) is 5. The van der Waals surface area contributed by atoms with Crippen molar-refractivity contribution < 1.29 is 13.9 Å². The van der Waals surface area contributed by atoms with E-state index in [1.54, 1.807) is 37.4 Å². The normalized spacial score (nSPS) is 10.5. The van der Waals surface area contributed by atoms with Crippen LogP contribution in [0.3, 0.4) is 0 Å². The monoisotopic (exact) mass is 387 g/mol. The lowest BCUT2D eigenvalue weighted by Gasteiger charge is -2.04. The molecule has 0 fully saturated rings. The predicted molar refractivity (Wildman–Crippen MR) is 93.1 cm³/mol. The molecule has 0 atom stereocenters. The van der Waals surface area contributed by atoms with E-state index in [1.807, 2.05) is 19.1 Å². The van der Waals surface area contributed by atoms with E-state index in [-0.39, 0.29) is 11.8 Å². The number of aromatic nitrogens is 2. The molecule has 0 spiro atoms. The number of anilines is 1. The van der Waals surface area contributed by atoms with E-state index >= 15 is 0 Å². The highest BCUT2D eigenvalue weighted by Gasteiger charge is 2.16. The highest BCUT2D eigenvalue weighted by atomic mass is 79.9. The maximum atomic E-state index is 12.2. The third-order valence-corrected chi connectivity index (χ3v) is 4.26. The maximum absolute atomic E-state index is 12.2. The molecule has 0 radical (unpaired) electrons. The van der Waals surface area contributed by atoms with Gasteiger partial charge < -0.3 is 14.5 Å². The summed E-state index contributed by atoms with van der Waals surface area (Å²) in [6, 6.07) is 12.6. The number of carbonyl (C=O) groups excluding carboxylic acids is 1. The summed E-state index contributed by atoms with van der Waals surface area (Å²) in [4.78, 5) is 12.2. The van der Waals surface area contributed by atoms with Crippen LogP contribution in [0.2, 0.25) is 0 Å². The molecule has 3 rings (SSSR count). The van der Waals surface area contributed by atoms with Crippen LogP contribution in [0, 0.1) is 6.92 Å². The Bertz CT molecular complexity index is 875. The number of nitrogens with zero attached hydrogens (tertiary/aromatic N) is 2. The van der Waals surface area contributed by atoms with E-state index in [9.17, 15) is 4.79 Å². The Labute approximate surface area is 147 Å². The molecule has 1 N–H and O–H groups in total. The number of aryl methyl sites for hydroxylation is 1. The van der Waals surface area contributed by atoms with Gasteiger partial charge in [0.15, 0.2) is 0 Å². The second-order valence-corrected chi connectivity index (χ2v) is 5.91. The average Bonchev–Trinajstić information content (AvgIpc) is 3.08. The Morgan fingerprint density at radius 1 is 1.17 bits per heavy atom. The van der Waals surface area contributed by atoms with Gasteiger partial charge in [-0.2, -0.15) is 0 Å². The van der Waals surface area contributed by atoms with Gasteiger partial charge in [0.25, 0.3) is 0 Å². The van der Waals surface area contributed by atoms with Crippen LogP contribution in [0.4, 0.5) is 5.69 Å². The number of carbonyl (C=O) groups is 1. The Hall–Kier alpha value is -2.67. The van der Waals surface area contributed by atoms with E-state index < -0.39 is 5.91 Å². The molecule has 3 aromatic rings. The summed E-state index contributed by atoms with van der Waals surface area (Å²) in [6.45, 7) is 1.94. The molecule has 0 aliphatic heterocycles. The summed E-state index contributed by atoms with van der Waals surface area (Å²) < 4.78 is 11.5. The second kappa shape index (κ2) is 6.84. The fourth-order valence-electron chi connectivity index (χ4n) is 2.07. The van der Waals surface area contributed by atoms with E-state index in [0.717, 1.165) is 15.8 Å². The van der Waals surface area contributed by atoms with Crippen molar-refractivity contribution in [3.05, 3.63) is 58.4 Å². The summed E-state index contributed by atoms with van der Waals surface area (Å²) in [7, 11) is 1.59. The average molecular weight is 388 g/mol. The predicted octanol–water partition coefficient (Wildman–Crippen LogP) is 4.07. The van der Waals surface area contributed by atoms with Crippen LogP contribution in [-0.2, 0) is 0 Å². The lowest BCUT2D eigenvalue weighted by Crippen LogP contribution is -2.12. The third-order valence-electron chi connectivity index (χ3n) is 3.37. The lowest BCUT2D eigenvalue weighted by molar-refractivity contribution is 0.0991. The van der Waals surface area contributed by atoms with Gasteiger partial charge >= 0.3 is 11.8 Å². The van der Waals surface area contributed by atoms with Gasteiger partial charge in [0.2, 0.25) is 5.89 Å². The largest absolute Gasteiger partial charge is 0.497 e. The molecule has 122 valence electrons. The topological polar surface area (TPSA) is 77.2 Å². The summed E-state index contributed by atoms with van der Waals surface area (Å²) >= 11 is 3.42. The molecule has 0 aliphatic rings. The van der Waals surface area contributed by atoms with Crippen LogP contribution in [0.5, 0.6) is 5.75 Å². The number of ether oxygens (including phenoxy) is 1. The van der Waals surface area contributed by atoms with Crippen molar-refractivity contribution in [1.29, 1.82) is 0 Å². The molecule has 0 saturated heterocycles. The van der Waals surface area contributed by atoms with Crippen LogP contribution in [0.15, 0.2) is 51.4 Å². The van der Waals surface area contributed by atoms with Crippen molar-refractivity contribution >= 4 is 27.5 Å². The molecular formula is C17H14BrN3O3. The molecule has 24 heavy (non-hydrogen) atoms. The van der Waals surface area contributed by atoms with Crippen LogP contribution in [-0.4, -0.2) is 23.2 Å². The van der Waals surface area contributed by atoms with Gasteiger partial charge in [-0.15, -0.1) is 10.2 Å². The van der Waals surface area contributed by atoms with Crippen LogP contribution in [0.1, 0.15) is 16.2 Å². The zero-order valence-corrected chi connectivity index (χ0v) is 14.6. The molecule has 0 aliphatic carbocycles. The molecule has 2 aromatic carbocycles. The Morgan fingerprint density at radius 3 is 2.58 bits per heavy atom. The first-order chi connectivity index (χ1) is 11.6. The molecule has 1 amide bonds. The molecule has 1 heterocycles. The van der Waals surface area contributed by atoms with Crippen molar-refractivity contribution in [1.82, 2.24) is 10.2 Å². The highest BCUT2D eigenvalue weighted by molar-refractivity contribution is 9.10.